The summed E-state index contributed by atoms with van der Waals surface area (Å²) in [6.07, 6.45) is 2.31. The van der Waals surface area contributed by atoms with E-state index in [9.17, 15) is 15.0 Å². The van der Waals surface area contributed by atoms with Crippen LogP contribution in [0.4, 0.5) is 0 Å². The van der Waals surface area contributed by atoms with E-state index in [0.717, 1.165) is 39.0 Å². The van der Waals surface area contributed by atoms with Gasteiger partial charge in [-0.25, -0.2) is 4.79 Å². The second-order valence-corrected chi connectivity index (χ2v) is 6.98. The first-order chi connectivity index (χ1) is 12.7. The van der Waals surface area contributed by atoms with Crippen molar-refractivity contribution in [1.82, 2.24) is 15.1 Å². The van der Waals surface area contributed by atoms with Crippen molar-refractivity contribution in [3.63, 3.8) is 0 Å². The summed E-state index contributed by atoms with van der Waals surface area (Å²) in [5, 5.41) is 22.9. The van der Waals surface area contributed by atoms with Gasteiger partial charge in [0.2, 0.25) is 0 Å². The number of carboxylic acid groups (broad SMARTS) is 1. The number of rotatable bonds is 7. The number of aliphatic hydroxyl groups is 1. The van der Waals surface area contributed by atoms with E-state index in [1.54, 1.807) is 12.1 Å². The SMILES string of the molecule is O=C(O)C(CCO)(Oc1ccccc1)N1CCN(C2CCNCC2)CC1. The summed E-state index contributed by atoms with van der Waals surface area (Å²) >= 11 is 0. The monoisotopic (exact) mass is 363 g/mol. The molecule has 2 heterocycles. The number of aliphatic hydroxyl groups excluding tert-OH is 1. The number of carboxylic acids is 1. The normalized spacial score (nSPS) is 22.7. The lowest BCUT2D eigenvalue weighted by Gasteiger charge is -2.46. The van der Waals surface area contributed by atoms with Crippen LogP contribution in [-0.4, -0.2) is 83.6 Å². The lowest BCUT2D eigenvalue weighted by molar-refractivity contribution is -0.183. The average molecular weight is 363 g/mol. The Morgan fingerprint density at radius 2 is 1.81 bits per heavy atom. The van der Waals surface area contributed by atoms with Gasteiger partial charge in [-0.05, 0) is 38.1 Å². The highest BCUT2D eigenvalue weighted by molar-refractivity contribution is 5.77. The third-order valence-electron chi connectivity index (χ3n) is 5.46. The third kappa shape index (κ3) is 4.17. The Labute approximate surface area is 154 Å². The zero-order valence-electron chi connectivity index (χ0n) is 15.1. The Bertz CT molecular complexity index is 571. The molecule has 1 aromatic rings. The third-order valence-corrected chi connectivity index (χ3v) is 5.46. The molecule has 2 saturated heterocycles. The smallest absolute Gasteiger partial charge is 0.364 e. The predicted octanol–water partition coefficient (Wildman–Crippen LogP) is 0.598. The molecular weight excluding hydrogens is 334 g/mol. The number of hydrogen-bond donors (Lipinski definition) is 3. The first kappa shape index (κ1) is 19.1. The van der Waals surface area contributed by atoms with E-state index < -0.39 is 11.7 Å². The first-order valence-corrected chi connectivity index (χ1v) is 9.44. The average Bonchev–Trinajstić information content (AvgIpc) is 2.69. The molecule has 0 amide bonds. The second-order valence-electron chi connectivity index (χ2n) is 6.98. The number of nitrogens with zero attached hydrogens (tertiary/aromatic N) is 2. The van der Waals surface area contributed by atoms with Crippen LogP contribution in [0.25, 0.3) is 0 Å². The number of hydrogen-bond acceptors (Lipinski definition) is 6. The Hall–Kier alpha value is -1.67. The van der Waals surface area contributed by atoms with Crippen molar-refractivity contribution in [2.45, 2.75) is 31.0 Å². The number of carbonyl (C=O) groups is 1. The molecule has 0 aliphatic carbocycles. The Morgan fingerprint density at radius 1 is 1.15 bits per heavy atom. The maximum absolute atomic E-state index is 12.2. The molecule has 144 valence electrons. The van der Waals surface area contributed by atoms with Crippen molar-refractivity contribution in [1.29, 1.82) is 0 Å². The maximum atomic E-state index is 12.2. The molecule has 2 fully saturated rings. The van der Waals surface area contributed by atoms with E-state index in [-0.39, 0.29) is 13.0 Å². The van der Waals surface area contributed by atoms with Gasteiger partial charge in [-0.1, -0.05) is 18.2 Å². The van der Waals surface area contributed by atoms with Gasteiger partial charge in [-0.15, -0.1) is 0 Å². The fourth-order valence-electron chi connectivity index (χ4n) is 4.01. The highest BCUT2D eigenvalue weighted by Crippen LogP contribution is 2.28. The van der Waals surface area contributed by atoms with Crippen molar-refractivity contribution >= 4 is 5.97 Å². The van der Waals surface area contributed by atoms with E-state index in [0.29, 0.717) is 24.9 Å². The fourth-order valence-corrected chi connectivity index (χ4v) is 4.01. The molecule has 2 aliphatic rings. The van der Waals surface area contributed by atoms with Crippen LogP contribution in [0.15, 0.2) is 30.3 Å². The molecule has 3 N–H and O–H groups in total. The topological polar surface area (TPSA) is 85.3 Å². The van der Waals surface area contributed by atoms with Crippen molar-refractivity contribution in [2.24, 2.45) is 0 Å². The van der Waals surface area contributed by atoms with Crippen molar-refractivity contribution in [2.75, 3.05) is 45.9 Å². The fraction of sp³-hybridized carbons (Fsp3) is 0.632. The summed E-state index contributed by atoms with van der Waals surface area (Å²) in [4.78, 5) is 16.5. The van der Waals surface area contributed by atoms with Crippen LogP contribution in [0.5, 0.6) is 5.75 Å². The molecule has 7 nitrogen and oxygen atoms in total. The number of ether oxygens (including phenoxy) is 1. The molecule has 0 aromatic heterocycles. The van der Waals surface area contributed by atoms with Gasteiger partial charge in [-0.3, -0.25) is 9.80 Å². The van der Waals surface area contributed by atoms with Gasteiger partial charge >= 0.3 is 5.97 Å². The minimum atomic E-state index is -1.53. The first-order valence-electron chi connectivity index (χ1n) is 9.44. The minimum absolute atomic E-state index is 0.0323. The Kier molecular flexibility index (Phi) is 6.48. The quantitative estimate of drug-likeness (QED) is 0.654. The minimum Gasteiger partial charge on any atom is -0.477 e. The highest BCUT2D eigenvalue weighted by atomic mass is 16.5. The van der Waals surface area contributed by atoms with Crippen LogP contribution < -0.4 is 10.1 Å². The maximum Gasteiger partial charge on any atom is 0.364 e. The molecule has 0 bridgehead atoms. The van der Waals surface area contributed by atoms with Crippen molar-refractivity contribution in [3.8, 4) is 5.75 Å². The summed E-state index contributed by atoms with van der Waals surface area (Å²) in [7, 11) is 0. The van der Waals surface area contributed by atoms with E-state index in [1.165, 1.54) is 0 Å². The molecule has 26 heavy (non-hydrogen) atoms. The largest absolute Gasteiger partial charge is 0.477 e. The molecule has 1 aromatic carbocycles. The zero-order chi connectivity index (χ0) is 18.4. The number of para-hydroxylation sites is 1. The highest BCUT2D eigenvalue weighted by Gasteiger charge is 2.48. The predicted molar refractivity (Wildman–Crippen MR) is 98.2 cm³/mol. The van der Waals surface area contributed by atoms with E-state index >= 15 is 0 Å². The van der Waals surface area contributed by atoms with Crippen LogP contribution in [-0.2, 0) is 4.79 Å². The van der Waals surface area contributed by atoms with Gasteiger partial charge in [0.05, 0.1) is 0 Å². The lowest BCUT2D eigenvalue weighted by atomic mass is 10.0. The van der Waals surface area contributed by atoms with Crippen molar-refractivity contribution < 1.29 is 19.7 Å². The molecule has 2 aliphatic heterocycles. The van der Waals surface area contributed by atoms with Crippen LogP contribution in [0.2, 0.25) is 0 Å². The zero-order valence-corrected chi connectivity index (χ0v) is 15.1. The molecule has 0 spiro atoms. The molecule has 0 radical (unpaired) electrons. The number of piperazine rings is 1. The lowest BCUT2D eigenvalue weighted by Crippen LogP contribution is -2.65. The van der Waals surface area contributed by atoms with Gasteiger partial charge in [0.15, 0.2) is 0 Å². The van der Waals surface area contributed by atoms with Gasteiger partial charge in [-0.2, -0.15) is 0 Å². The molecular formula is C19H29N3O4. The standard InChI is InChI=1S/C19H29N3O4/c23-15-8-19(18(24)25,26-17-4-2-1-3-5-17)22-13-11-21(12-14-22)16-6-9-20-10-7-16/h1-5,16,20,23H,6-15H2,(H,24,25). The number of piperidine rings is 1. The van der Waals surface area contributed by atoms with Crippen molar-refractivity contribution in [3.05, 3.63) is 30.3 Å². The van der Waals surface area contributed by atoms with E-state index in [2.05, 4.69) is 10.2 Å². The summed E-state index contributed by atoms with van der Waals surface area (Å²) in [6, 6.07) is 9.57. The van der Waals surface area contributed by atoms with Crippen LogP contribution in [0, 0.1) is 0 Å². The second kappa shape index (κ2) is 8.81. The summed E-state index contributed by atoms with van der Waals surface area (Å²) < 4.78 is 5.96. The van der Waals surface area contributed by atoms with E-state index in [4.69, 9.17) is 4.74 Å². The molecule has 1 atom stereocenters. The summed E-state index contributed by atoms with van der Waals surface area (Å²) in [5.41, 5.74) is -1.53. The number of nitrogens with one attached hydrogen (secondary N) is 1. The number of aliphatic carboxylic acids is 1. The Balaban J connectivity index is 1.72. The van der Waals surface area contributed by atoms with Gasteiger partial charge < -0.3 is 20.3 Å². The van der Waals surface area contributed by atoms with Crippen LogP contribution >= 0.6 is 0 Å². The van der Waals surface area contributed by atoms with E-state index in [1.807, 2.05) is 23.1 Å². The molecule has 1 unspecified atom stereocenters. The van der Waals surface area contributed by atoms with Gasteiger partial charge in [0, 0.05) is 45.2 Å². The summed E-state index contributed by atoms with van der Waals surface area (Å²) in [5.74, 6) is -0.546. The number of benzene rings is 1. The molecule has 3 rings (SSSR count). The van der Waals surface area contributed by atoms with Gasteiger partial charge in [0.25, 0.3) is 5.72 Å². The van der Waals surface area contributed by atoms with Crippen LogP contribution in [0.1, 0.15) is 19.3 Å². The summed E-state index contributed by atoms with van der Waals surface area (Å²) in [6.45, 7) is 4.73. The van der Waals surface area contributed by atoms with Crippen LogP contribution in [0.3, 0.4) is 0 Å². The molecule has 7 heteroatoms. The Morgan fingerprint density at radius 3 is 2.38 bits per heavy atom. The molecule has 0 saturated carbocycles. The van der Waals surface area contributed by atoms with Gasteiger partial charge in [0.1, 0.15) is 5.75 Å².